The second-order valence-corrected chi connectivity index (χ2v) is 4.55. The zero-order valence-electron chi connectivity index (χ0n) is 10.0. The van der Waals surface area contributed by atoms with Gasteiger partial charge in [0.1, 0.15) is 0 Å². The lowest BCUT2D eigenvalue weighted by atomic mass is 9.81. The molecule has 3 nitrogen and oxygen atoms in total. The van der Waals surface area contributed by atoms with E-state index < -0.39 is 5.97 Å². The number of hydrogen-bond acceptors (Lipinski definition) is 2. The van der Waals surface area contributed by atoms with Crippen LogP contribution in [0.15, 0.2) is 24.3 Å². The molecule has 1 fully saturated rings. The highest BCUT2D eigenvalue weighted by Gasteiger charge is 2.19. The monoisotopic (exact) mass is 233 g/mol. The standard InChI is InChI=1S/C14H19NO2/c15-11-13-9-7-12(8-10-13)5-3-1-2-4-6-14(16)17/h1-2,4,6,12-13H,3,5,7-10H2,(H,16,17)/b2-1+,6-4+/t12-,13-. The number of aliphatic carboxylic acids is 1. The minimum Gasteiger partial charge on any atom is -0.478 e. The summed E-state index contributed by atoms with van der Waals surface area (Å²) < 4.78 is 0. The Kier molecular flexibility index (Phi) is 6.09. The third kappa shape index (κ3) is 5.91. The Bertz CT molecular complexity index is 331. The van der Waals surface area contributed by atoms with Gasteiger partial charge in [-0.05, 0) is 44.4 Å². The van der Waals surface area contributed by atoms with Gasteiger partial charge in [0.05, 0.1) is 6.07 Å². The highest BCUT2D eigenvalue weighted by Crippen LogP contribution is 2.31. The molecule has 0 saturated heterocycles. The predicted molar refractivity (Wildman–Crippen MR) is 66.2 cm³/mol. The molecule has 0 amide bonds. The van der Waals surface area contributed by atoms with Crippen molar-refractivity contribution in [3.05, 3.63) is 24.3 Å². The SMILES string of the molecule is N#C[C@H]1CC[C@H](CC/C=C/C=C/C(=O)O)CC1. The van der Waals surface area contributed by atoms with E-state index in [2.05, 4.69) is 6.07 Å². The van der Waals surface area contributed by atoms with Crippen molar-refractivity contribution >= 4 is 5.97 Å². The number of carboxylic acid groups (broad SMARTS) is 1. The first-order valence-electron chi connectivity index (χ1n) is 6.18. The molecular weight excluding hydrogens is 214 g/mol. The highest BCUT2D eigenvalue weighted by atomic mass is 16.4. The van der Waals surface area contributed by atoms with Crippen LogP contribution in [0, 0.1) is 23.2 Å². The minimum absolute atomic E-state index is 0.278. The first-order chi connectivity index (χ1) is 8.22. The van der Waals surface area contributed by atoms with Crippen LogP contribution in [0.25, 0.3) is 0 Å². The fourth-order valence-electron chi connectivity index (χ4n) is 2.22. The smallest absolute Gasteiger partial charge is 0.328 e. The van der Waals surface area contributed by atoms with Crippen LogP contribution in [0.4, 0.5) is 0 Å². The molecule has 3 heteroatoms. The van der Waals surface area contributed by atoms with Crippen molar-refractivity contribution in [3.63, 3.8) is 0 Å². The summed E-state index contributed by atoms with van der Waals surface area (Å²) in [7, 11) is 0. The molecule has 17 heavy (non-hydrogen) atoms. The summed E-state index contributed by atoms with van der Waals surface area (Å²) in [4.78, 5) is 10.2. The van der Waals surface area contributed by atoms with Crippen LogP contribution >= 0.6 is 0 Å². The number of carbonyl (C=O) groups is 1. The summed E-state index contributed by atoms with van der Waals surface area (Å²) in [6.07, 6.45) is 13.0. The van der Waals surface area contributed by atoms with Crippen molar-refractivity contribution in [3.8, 4) is 6.07 Å². The van der Waals surface area contributed by atoms with Gasteiger partial charge in [0, 0.05) is 12.0 Å². The quantitative estimate of drug-likeness (QED) is 0.585. The third-order valence-electron chi connectivity index (χ3n) is 3.26. The number of carboxylic acids is 1. The van der Waals surface area contributed by atoms with E-state index >= 15 is 0 Å². The summed E-state index contributed by atoms with van der Waals surface area (Å²) in [5.41, 5.74) is 0. The van der Waals surface area contributed by atoms with E-state index in [9.17, 15) is 4.79 Å². The predicted octanol–water partition coefficient (Wildman–Crippen LogP) is 3.29. The first kappa shape index (κ1) is 13.5. The Hall–Kier alpha value is -1.56. The molecule has 1 aliphatic rings. The Morgan fingerprint density at radius 2 is 2.00 bits per heavy atom. The summed E-state index contributed by atoms with van der Waals surface area (Å²) in [5, 5.41) is 17.2. The molecule has 1 rings (SSSR count). The van der Waals surface area contributed by atoms with Crippen molar-refractivity contribution in [2.24, 2.45) is 11.8 Å². The van der Waals surface area contributed by atoms with Crippen LogP contribution in [0.5, 0.6) is 0 Å². The van der Waals surface area contributed by atoms with E-state index in [0.29, 0.717) is 0 Å². The van der Waals surface area contributed by atoms with Gasteiger partial charge in [0.25, 0.3) is 0 Å². The summed E-state index contributed by atoms with van der Waals surface area (Å²) in [6.45, 7) is 0. The molecule has 0 aromatic rings. The van der Waals surface area contributed by atoms with Crippen molar-refractivity contribution in [1.82, 2.24) is 0 Å². The number of nitriles is 1. The van der Waals surface area contributed by atoms with Crippen LogP contribution in [0.2, 0.25) is 0 Å². The number of nitrogens with zero attached hydrogens (tertiary/aromatic N) is 1. The van der Waals surface area contributed by atoms with Crippen molar-refractivity contribution in [1.29, 1.82) is 5.26 Å². The number of rotatable bonds is 5. The molecule has 0 heterocycles. The van der Waals surface area contributed by atoms with Gasteiger partial charge in [-0.15, -0.1) is 0 Å². The fraction of sp³-hybridized carbons (Fsp3) is 0.571. The molecule has 0 atom stereocenters. The Morgan fingerprint density at radius 3 is 2.59 bits per heavy atom. The van der Waals surface area contributed by atoms with Gasteiger partial charge in [-0.2, -0.15) is 5.26 Å². The zero-order chi connectivity index (χ0) is 12.5. The molecule has 0 spiro atoms. The lowest BCUT2D eigenvalue weighted by Crippen LogP contribution is -2.12. The highest BCUT2D eigenvalue weighted by molar-refractivity contribution is 5.80. The topological polar surface area (TPSA) is 61.1 Å². The van der Waals surface area contributed by atoms with E-state index in [1.54, 1.807) is 12.2 Å². The van der Waals surface area contributed by atoms with Crippen molar-refractivity contribution in [2.45, 2.75) is 38.5 Å². The molecule has 1 N–H and O–H groups in total. The molecule has 92 valence electrons. The summed E-state index contributed by atoms with van der Waals surface area (Å²) in [5.74, 6) is 0.109. The summed E-state index contributed by atoms with van der Waals surface area (Å²) >= 11 is 0. The van der Waals surface area contributed by atoms with Crippen molar-refractivity contribution in [2.75, 3.05) is 0 Å². The largest absolute Gasteiger partial charge is 0.478 e. The molecule has 0 aliphatic heterocycles. The lowest BCUT2D eigenvalue weighted by molar-refractivity contribution is -0.131. The average molecular weight is 233 g/mol. The van der Waals surface area contributed by atoms with E-state index in [-0.39, 0.29) is 5.92 Å². The van der Waals surface area contributed by atoms with E-state index in [4.69, 9.17) is 10.4 Å². The minimum atomic E-state index is -0.913. The van der Waals surface area contributed by atoms with Crippen LogP contribution in [-0.2, 0) is 4.79 Å². The van der Waals surface area contributed by atoms with Gasteiger partial charge in [-0.3, -0.25) is 0 Å². The Labute approximate surface area is 102 Å². The van der Waals surface area contributed by atoms with Gasteiger partial charge in [-0.1, -0.05) is 18.2 Å². The van der Waals surface area contributed by atoms with Crippen LogP contribution in [-0.4, -0.2) is 11.1 Å². The lowest BCUT2D eigenvalue weighted by Gasteiger charge is -2.24. The molecule has 1 saturated carbocycles. The second kappa shape index (κ2) is 7.67. The van der Waals surface area contributed by atoms with Crippen LogP contribution in [0.1, 0.15) is 38.5 Å². The Morgan fingerprint density at radius 1 is 1.29 bits per heavy atom. The van der Waals surface area contributed by atoms with Gasteiger partial charge in [0.2, 0.25) is 0 Å². The van der Waals surface area contributed by atoms with Gasteiger partial charge < -0.3 is 5.11 Å². The molecular formula is C14H19NO2. The molecule has 0 radical (unpaired) electrons. The number of allylic oxidation sites excluding steroid dienone is 3. The van der Waals surface area contributed by atoms with E-state index in [1.165, 1.54) is 0 Å². The number of hydrogen-bond donors (Lipinski definition) is 1. The maximum atomic E-state index is 10.2. The molecule has 0 aromatic heterocycles. The van der Waals surface area contributed by atoms with Gasteiger partial charge in [0.15, 0.2) is 0 Å². The maximum Gasteiger partial charge on any atom is 0.328 e. The van der Waals surface area contributed by atoms with E-state index in [1.807, 2.05) is 6.08 Å². The average Bonchev–Trinajstić information content (AvgIpc) is 2.34. The fourth-order valence-corrected chi connectivity index (χ4v) is 2.22. The zero-order valence-corrected chi connectivity index (χ0v) is 10.0. The first-order valence-corrected chi connectivity index (χ1v) is 6.18. The van der Waals surface area contributed by atoms with Crippen LogP contribution < -0.4 is 0 Å². The van der Waals surface area contributed by atoms with Crippen molar-refractivity contribution < 1.29 is 9.90 Å². The molecule has 1 aliphatic carbocycles. The van der Waals surface area contributed by atoms with Gasteiger partial charge >= 0.3 is 5.97 Å². The maximum absolute atomic E-state index is 10.2. The van der Waals surface area contributed by atoms with Gasteiger partial charge in [-0.25, -0.2) is 4.79 Å². The second-order valence-electron chi connectivity index (χ2n) is 4.55. The molecule has 0 aromatic carbocycles. The molecule has 0 unspecified atom stereocenters. The Balaban J connectivity index is 2.12. The third-order valence-corrected chi connectivity index (χ3v) is 3.26. The molecule has 0 bridgehead atoms. The van der Waals surface area contributed by atoms with Crippen LogP contribution in [0.3, 0.4) is 0 Å². The normalized spacial score (nSPS) is 25.1. The van der Waals surface area contributed by atoms with E-state index in [0.717, 1.165) is 50.5 Å². The summed E-state index contributed by atoms with van der Waals surface area (Å²) in [6, 6.07) is 2.34.